The Bertz CT molecular complexity index is 1460. The maximum atomic E-state index is 12.9. The van der Waals surface area contributed by atoms with E-state index in [9.17, 15) is 14.4 Å². The van der Waals surface area contributed by atoms with Gasteiger partial charge >= 0.3 is 5.69 Å². The lowest BCUT2D eigenvalue weighted by atomic mass is 10.2. The van der Waals surface area contributed by atoms with Crippen LogP contribution >= 0.6 is 11.8 Å². The first-order valence-electron chi connectivity index (χ1n) is 11.5. The number of carbonyl (C=O) groups excluding carboxylic acids is 1. The minimum absolute atomic E-state index is 0.0143. The van der Waals surface area contributed by atoms with Crippen LogP contribution in [0.1, 0.15) is 6.42 Å². The molecule has 10 nitrogen and oxygen atoms in total. The van der Waals surface area contributed by atoms with Gasteiger partial charge < -0.3 is 14.8 Å². The number of hydrogen-bond acceptors (Lipinski definition) is 7. The first-order valence-corrected chi connectivity index (χ1v) is 12.5. The van der Waals surface area contributed by atoms with Crippen LogP contribution in [0.15, 0.2) is 81.6 Å². The number of rotatable bonds is 11. The van der Waals surface area contributed by atoms with Crippen molar-refractivity contribution >= 4 is 23.5 Å². The summed E-state index contributed by atoms with van der Waals surface area (Å²) in [6, 6.07) is 18.5. The van der Waals surface area contributed by atoms with E-state index in [0.29, 0.717) is 18.2 Å². The number of aromatic nitrogens is 4. The third-order valence-electron chi connectivity index (χ3n) is 5.46. The Hall–Kier alpha value is -4.09. The third-order valence-corrected chi connectivity index (χ3v) is 6.41. The van der Waals surface area contributed by atoms with E-state index in [4.69, 9.17) is 14.5 Å². The highest BCUT2D eigenvalue weighted by molar-refractivity contribution is 7.99. The van der Waals surface area contributed by atoms with E-state index in [0.717, 1.165) is 22.7 Å². The lowest BCUT2D eigenvalue weighted by Crippen LogP contribution is -2.33. The summed E-state index contributed by atoms with van der Waals surface area (Å²) in [7, 11) is 3.17. The highest BCUT2D eigenvalue weighted by atomic mass is 32.2. The molecule has 2 aromatic heterocycles. The summed E-state index contributed by atoms with van der Waals surface area (Å²) in [5, 5.41) is 3.30. The van der Waals surface area contributed by atoms with Crippen molar-refractivity contribution < 1.29 is 14.3 Å². The van der Waals surface area contributed by atoms with E-state index < -0.39 is 11.2 Å². The Morgan fingerprint density at radius 1 is 1.08 bits per heavy atom. The number of nitrogens with one attached hydrogen (secondary N) is 2. The number of benzene rings is 2. The molecule has 0 bridgehead atoms. The molecule has 0 saturated heterocycles. The summed E-state index contributed by atoms with van der Waals surface area (Å²) in [5.74, 6) is 0.510. The molecule has 0 spiro atoms. The Balaban J connectivity index is 1.56. The summed E-state index contributed by atoms with van der Waals surface area (Å²) >= 11 is 1.25. The maximum Gasteiger partial charge on any atom is 0.329 e. The quantitative estimate of drug-likeness (QED) is 0.230. The van der Waals surface area contributed by atoms with Crippen molar-refractivity contribution in [2.75, 3.05) is 31.9 Å². The van der Waals surface area contributed by atoms with Gasteiger partial charge in [0.25, 0.3) is 5.56 Å². The fourth-order valence-corrected chi connectivity index (χ4v) is 4.46. The van der Waals surface area contributed by atoms with Gasteiger partial charge in [-0.15, -0.1) is 0 Å². The van der Waals surface area contributed by atoms with Crippen LogP contribution in [0.3, 0.4) is 0 Å². The van der Waals surface area contributed by atoms with Crippen molar-refractivity contribution in [1.29, 1.82) is 0 Å². The molecule has 0 aliphatic heterocycles. The Kier molecular flexibility index (Phi) is 8.60. The summed E-state index contributed by atoms with van der Waals surface area (Å²) in [4.78, 5) is 44.0. The van der Waals surface area contributed by atoms with Gasteiger partial charge in [-0.2, -0.15) is 0 Å². The monoisotopic (exact) mass is 521 g/mol. The Labute approximate surface area is 217 Å². The topological polar surface area (TPSA) is 120 Å². The standard InChI is InChI=1S/C26H27N5O5S/c1-35-14-6-13-30-22(15-23(32)29-25(30)34)28-24(33)17-37-26-27-21(18-7-4-3-5-8-18)16-31(26)19-9-11-20(36-2)12-10-19/h3-5,7-12,15-16H,6,13-14,17H2,1-2H3,(H,28,33)(H,29,32,34). The van der Waals surface area contributed by atoms with E-state index in [1.54, 1.807) is 14.2 Å². The molecule has 0 fully saturated rings. The second-order valence-electron chi connectivity index (χ2n) is 8.00. The van der Waals surface area contributed by atoms with E-state index in [-0.39, 0.29) is 24.0 Å². The fourth-order valence-electron chi connectivity index (χ4n) is 3.66. The van der Waals surface area contributed by atoms with Crippen LogP contribution in [0.5, 0.6) is 5.75 Å². The van der Waals surface area contributed by atoms with Crippen molar-refractivity contribution in [3.8, 4) is 22.7 Å². The molecule has 1 amide bonds. The van der Waals surface area contributed by atoms with Crippen molar-refractivity contribution in [2.24, 2.45) is 0 Å². The fraction of sp³-hybridized carbons (Fsp3) is 0.231. The van der Waals surface area contributed by atoms with Crippen LogP contribution in [0, 0.1) is 0 Å². The summed E-state index contributed by atoms with van der Waals surface area (Å²) in [6.45, 7) is 0.723. The van der Waals surface area contributed by atoms with Crippen LogP contribution in [-0.4, -0.2) is 51.6 Å². The number of H-pyrrole nitrogens is 1. The molecule has 2 heterocycles. The molecule has 4 rings (SSSR count). The maximum absolute atomic E-state index is 12.9. The number of amides is 1. The van der Waals surface area contributed by atoms with E-state index in [1.165, 1.54) is 22.4 Å². The van der Waals surface area contributed by atoms with Gasteiger partial charge in [0, 0.05) is 43.8 Å². The van der Waals surface area contributed by atoms with Crippen LogP contribution in [0.4, 0.5) is 5.82 Å². The van der Waals surface area contributed by atoms with E-state index >= 15 is 0 Å². The zero-order chi connectivity index (χ0) is 26.2. The SMILES string of the molecule is COCCCn1c(NC(=O)CSc2nc(-c3ccccc3)cn2-c2ccc(OC)cc2)cc(=O)[nH]c1=O. The molecule has 0 aliphatic carbocycles. The van der Waals surface area contributed by atoms with Gasteiger partial charge in [0.2, 0.25) is 5.91 Å². The molecule has 0 atom stereocenters. The van der Waals surface area contributed by atoms with Crippen molar-refractivity contribution in [1.82, 2.24) is 19.1 Å². The molecule has 2 N–H and O–H groups in total. The minimum Gasteiger partial charge on any atom is -0.497 e. The van der Waals surface area contributed by atoms with Gasteiger partial charge in [-0.1, -0.05) is 42.1 Å². The third kappa shape index (κ3) is 6.57. The summed E-state index contributed by atoms with van der Waals surface area (Å²) < 4.78 is 13.5. The van der Waals surface area contributed by atoms with Crippen LogP contribution in [0.25, 0.3) is 16.9 Å². The molecule has 2 aromatic carbocycles. The van der Waals surface area contributed by atoms with Gasteiger partial charge in [-0.05, 0) is 30.7 Å². The van der Waals surface area contributed by atoms with E-state index in [2.05, 4.69) is 10.3 Å². The average Bonchev–Trinajstić information content (AvgIpc) is 3.34. The van der Waals surface area contributed by atoms with Gasteiger partial charge in [-0.25, -0.2) is 9.78 Å². The smallest absolute Gasteiger partial charge is 0.329 e. The van der Waals surface area contributed by atoms with Crippen molar-refractivity contribution in [3.63, 3.8) is 0 Å². The van der Waals surface area contributed by atoms with Gasteiger partial charge in [0.05, 0.1) is 18.6 Å². The molecular weight excluding hydrogens is 494 g/mol. The lowest BCUT2D eigenvalue weighted by molar-refractivity contribution is -0.113. The first-order chi connectivity index (χ1) is 18.0. The second-order valence-corrected chi connectivity index (χ2v) is 8.94. The minimum atomic E-state index is -0.589. The van der Waals surface area contributed by atoms with Crippen LogP contribution in [0.2, 0.25) is 0 Å². The average molecular weight is 522 g/mol. The Morgan fingerprint density at radius 3 is 2.54 bits per heavy atom. The number of hydrogen-bond donors (Lipinski definition) is 2. The highest BCUT2D eigenvalue weighted by Crippen LogP contribution is 2.28. The van der Waals surface area contributed by atoms with Crippen LogP contribution < -0.4 is 21.3 Å². The number of imidazole rings is 1. The van der Waals surface area contributed by atoms with Crippen molar-refractivity contribution in [3.05, 3.63) is 87.7 Å². The molecule has 4 aromatic rings. The molecule has 0 unspecified atom stereocenters. The number of ether oxygens (including phenoxy) is 2. The molecule has 0 aliphatic rings. The number of thioether (sulfide) groups is 1. The zero-order valence-corrected chi connectivity index (χ0v) is 21.3. The van der Waals surface area contributed by atoms with Gasteiger partial charge in [-0.3, -0.25) is 23.7 Å². The molecule has 37 heavy (non-hydrogen) atoms. The molecule has 0 saturated carbocycles. The number of methoxy groups -OCH3 is 2. The largest absolute Gasteiger partial charge is 0.497 e. The number of aromatic amines is 1. The van der Waals surface area contributed by atoms with Crippen molar-refractivity contribution in [2.45, 2.75) is 18.1 Å². The van der Waals surface area contributed by atoms with E-state index in [1.807, 2.05) is 65.4 Å². The zero-order valence-electron chi connectivity index (χ0n) is 20.5. The predicted molar refractivity (Wildman–Crippen MR) is 143 cm³/mol. The molecule has 192 valence electrons. The molecular formula is C26H27N5O5S. The predicted octanol–water partition coefficient (Wildman–Crippen LogP) is 3.17. The molecule has 11 heteroatoms. The lowest BCUT2D eigenvalue weighted by Gasteiger charge is -2.13. The summed E-state index contributed by atoms with van der Waals surface area (Å²) in [5.41, 5.74) is 1.40. The first kappa shape index (κ1) is 26.0. The van der Waals surface area contributed by atoms with Crippen LogP contribution in [-0.2, 0) is 16.1 Å². The summed E-state index contributed by atoms with van der Waals surface area (Å²) in [6.07, 6.45) is 2.46. The Morgan fingerprint density at radius 2 is 1.84 bits per heavy atom. The number of anilines is 1. The van der Waals surface area contributed by atoms with Gasteiger partial charge in [0.1, 0.15) is 11.6 Å². The molecule has 0 radical (unpaired) electrons. The normalized spacial score (nSPS) is 10.9. The number of carbonyl (C=O) groups is 1. The second kappa shape index (κ2) is 12.2. The van der Waals surface area contributed by atoms with Gasteiger partial charge in [0.15, 0.2) is 5.16 Å². The number of nitrogens with zero attached hydrogens (tertiary/aromatic N) is 3. The highest BCUT2D eigenvalue weighted by Gasteiger charge is 2.15.